The van der Waals surface area contributed by atoms with Crippen LogP contribution in [0.1, 0.15) is 35.3 Å². The zero-order chi connectivity index (χ0) is 17.5. The lowest BCUT2D eigenvalue weighted by Gasteiger charge is -2.15. The number of amides is 2. The van der Waals surface area contributed by atoms with Crippen LogP contribution in [0.4, 0.5) is 0 Å². The largest absolute Gasteiger partial charge is 0.493 e. The number of halogens is 1. The number of nitrogens with one attached hydrogen (secondary N) is 1. The summed E-state index contributed by atoms with van der Waals surface area (Å²) in [4.78, 5) is 23.1. The third-order valence-electron chi connectivity index (χ3n) is 3.44. The second-order valence-corrected chi connectivity index (χ2v) is 5.77. The first kappa shape index (κ1) is 17.8. The Bertz CT molecular complexity index is 734. The molecular formula is C18H19ClN2O3. The van der Waals surface area contributed by atoms with Crippen molar-refractivity contribution in [1.29, 1.82) is 0 Å². The molecule has 1 unspecified atom stereocenters. The quantitative estimate of drug-likeness (QED) is 0.808. The van der Waals surface area contributed by atoms with E-state index < -0.39 is 5.91 Å². The fourth-order valence-corrected chi connectivity index (χ4v) is 2.37. The maximum absolute atomic E-state index is 12.0. The summed E-state index contributed by atoms with van der Waals surface area (Å²) in [7, 11) is 0. The zero-order valence-electron chi connectivity index (χ0n) is 13.3. The maximum atomic E-state index is 12.0. The monoisotopic (exact) mass is 346 g/mol. The molecule has 6 heteroatoms. The van der Waals surface area contributed by atoms with E-state index in [2.05, 4.69) is 5.32 Å². The predicted octanol–water partition coefficient (Wildman–Crippen LogP) is 3.09. The average molecular weight is 347 g/mol. The van der Waals surface area contributed by atoms with Crippen molar-refractivity contribution in [2.45, 2.75) is 19.4 Å². The number of hydrogen-bond donors (Lipinski definition) is 2. The number of rotatable bonds is 7. The van der Waals surface area contributed by atoms with Gasteiger partial charge in [-0.3, -0.25) is 9.59 Å². The number of hydrogen-bond acceptors (Lipinski definition) is 3. The van der Waals surface area contributed by atoms with Crippen LogP contribution in [0.2, 0.25) is 5.02 Å². The number of benzene rings is 2. The van der Waals surface area contributed by atoms with E-state index in [1.807, 2.05) is 25.1 Å². The van der Waals surface area contributed by atoms with Crippen LogP contribution in [0.3, 0.4) is 0 Å². The third kappa shape index (κ3) is 5.28. The Morgan fingerprint density at radius 1 is 1.21 bits per heavy atom. The lowest BCUT2D eigenvalue weighted by molar-refractivity contribution is -0.122. The molecule has 0 saturated heterocycles. The zero-order valence-corrected chi connectivity index (χ0v) is 14.0. The van der Waals surface area contributed by atoms with Gasteiger partial charge < -0.3 is 15.8 Å². The van der Waals surface area contributed by atoms with Crippen molar-refractivity contribution >= 4 is 23.4 Å². The molecule has 2 amide bonds. The Labute approximate surface area is 145 Å². The lowest BCUT2D eigenvalue weighted by Crippen LogP contribution is -2.27. The minimum atomic E-state index is -0.520. The summed E-state index contributed by atoms with van der Waals surface area (Å²) >= 11 is 5.95. The van der Waals surface area contributed by atoms with E-state index in [0.29, 0.717) is 16.3 Å². The molecule has 0 aliphatic rings. The van der Waals surface area contributed by atoms with Crippen molar-refractivity contribution in [3.8, 4) is 5.75 Å². The van der Waals surface area contributed by atoms with E-state index >= 15 is 0 Å². The van der Waals surface area contributed by atoms with E-state index in [4.69, 9.17) is 22.1 Å². The SMILES string of the molecule is CC(NC(=O)CCOc1cccc(C(N)=O)c1)c1cccc(Cl)c1. The molecule has 2 aromatic rings. The number of ether oxygens (including phenoxy) is 1. The summed E-state index contributed by atoms with van der Waals surface area (Å²) in [5.41, 5.74) is 6.52. The highest BCUT2D eigenvalue weighted by Gasteiger charge is 2.10. The molecular weight excluding hydrogens is 328 g/mol. The predicted molar refractivity (Wildman–Crippen MR) is 93.1 cm³/mol. The molecule has 0 aliphatic carbocycles. The van der Waals surface area contributed by atoms with Crippen LogP contribution in [0.25, 0.3) is 0 Å². The molecule has 0 heterocycles. The summed E-state index contributed by atoms with van der Waals surface area (Å²) in [6.07, 6.45) is 0.200. The van der Waals surface area contributed by atoms with Gasteiger partial charge in [-0.15, -0.1) is 0 Å². The van der Waals surface area contributed by atoms with Crippen molar-refractivity contribution in [2.24, 2.45) is 5.73 Å². The molecule has 3 N–H and O–H groups in total. The summed E-state index contributed by atoms with van der Waals surface area (Å²) in [6, 6.07) is 13.7. The Morgan fingerprint density at radius 2 is 1.96 bits per heavy atom. The lowest BCUT2D eigenvalue weighted by atomic mass is 10.1. The third-order valence-corrected chi connectivity index (χ3v) is 3.68. The number of carbonyl (C=O) groups excluding carboxylic acids is 2. The smallest absolute Gasteiger partial charge is 0.248 e. The first-order valence-electron chi connectivity index (χ1n) is 7.53. The number of nitrogens with two attached hydrogens (primary N) is 1. The molecule has 2 rings (SSSR count). The normalized spacial score (nSPS) is 11.6. The summed E-state index contributed by atoms with van der Waals surface area (Å²) in [6.45, 7) is 2.09. The minimum Gasteiger partial charge on any atom is -0.493 e. The molecule has 126 valence electrons. The molecule has 0 spiro atoms. The van der Waals surface area contributed by atoms with E-state index in [-0.39, 0.29) is 25.0 Å². The van der Waals surface area contributed by atoms with Crippen LogP contribution in [0.15, 0.2) is 48.5 Å². The van der Waals surface area contributed by atoms with Crippen LogP contribution in [-0.4, -0.2) is 18.4 Å². The topological polar surface area (TPSA) is 81.4 Å². The summed E-state index contributed by atoms with van der Waals surface area (Å²) < 4.78 is 5.48. The van der Waals surface area contributed by atoms with Crippen molar-refractivity contribution in [2.75, 3.05) is 6.61 Å². The molecule has 0 bridgehead atoms. The molecule has 0 radical (unpaired) electrons. The standard InChI is InChI=1S/C18H19ClN2O3/c1-12(13-4-2-6-15(19)10-13)21-17(22)8-9-24-16-7-3-5-14(11-16)18(20)23/h2-7,10-12H,8-9H2,1H3,(H2,20,23)(H,21,22). The summed E-state index contributed by atoms with van der Waals surface area (Å²) in [5.74, 6) is -0.149. The maximum Gasteiger partial charge on any atom is 0.248 e. The van der Waals surface area contributed by atoms with Crippen molar-refractivity contribution in [3.05, 3.63) is 64.7 Å². The molecule has 24 heavy (non-hydrogen) atoms. The second kappa shape index (κ2) is 8.36. The van der Waals surface area contributed by atoms with E-state index in [1.165, 1.54) is 0 Å². The first-order chi connectivity index (χ1) is 11.5. The highest BCUT2D eigenvalue weighted by molar-refractivity contribution is 6.30. The fraction of sp³-hybridized carbons (Fsp3) is 0.222. The average Bonchev–Trinajstić information content (AvgIpc) is 2.55. The van der Waals surface area contributed by atoms with Gasteiger partial charge in [0.15, 0.2) is 0 Å². The van der Waals surface area contributed by atoms with Crippen molar-refractivity contribution in [3.63, 3.8) is 0 Å². The van der Waals surface area contributed by atoms with E-state index in [1.54, 1.807) is 30.3 Å². The molecule has 0 saturated carbocycles. The Morgan fingerprint density at radius 3 is 2.67 bits per heavy atom. The van der Waals surface area contributed by atoms with Crippen LogP contribution in [0, 0.1) is 0 Å². The van der Waals surface area contributed by atoms with Gasteiger partial charge in [-0.05, 0) is 42.8 Å². The molecule has 5 nitrogen and oxygen atoms in total. The van der Waals surface area contributed by atoms with Gasteiger partial charge in [-0.1, -0.05) is 29.8 Å². The second-order valence-electron chi connectivity index (χ2n) is 5.33. The highest BCUT2D eigenvalue weighted by atomic mass is 35.5. The summed E-state index contributed by atoms with van der Waals surface area (Å²) in [5, 5.41) is 3.52. The van der Waals surface area contributed by atoms with Gasteiger partial charge in [0.25, 0.3) is 0 Å². The van der Waals surface area contributed by atoms with Gasteiger partial charge in [-0.25, -0.2) is 0 Å². The van der Waals surface area contributed by atoms with Crippen LogP contribution in [-0.2, 0) is 4.79 Å². The van der Waals surface area contributed by atoms with E-state index in [0.717, 1.165) is 5.56 Å². The molecule has 2 aromatic carbocycles. The van der Waals surface area contributed by atoms with Crippen LogP contribution < -0.4 is 15.8 Å². The van der Waals surface area contributed by atoms with Gasteiger partial charge in [0.1, 0.15) is 5.75 Å². The Balaban J connectivity index is 1.81. The van der Waals surface area contributed by atoms with Gasteiger partial charge in [0.2, 0.25) is 11.8 Å². The van der Waals surface area contributed by atoms with Crippen molar-refractivity contribution < 1.29 is 14.3 Å². The fourth-order valence-electron chi connectivity index (χ4n) is 2.17. The molecule has 0 fully saturated rings. The Kier molecular flexibility index (Phi) is 6.21. The molecule has 0 aliphatic heterocycles. The molecule has 0 aromatic heterocycles. The van der Waals surface area contributed by atoms with Crippen LogP contribution in [0.5, 0.6) is 5.75 Å². The molecule has 1 atom stereocenters. The van der Waals surface area contributed by atoms with Crippen molar-refractivity contribution in [1.82, 2.24) is 5.32 Å². The van der Waals surface area contributed by atoms with Gasteiger partial charge in [-0.2, -0.15) is 0 Å². The minimum absolute atomic E-state index is 0.131. The van der Waals surface area contributed by atoms with E-state index in [9.17, 15) is 9.59 Å². The Hall–Kier alpha value is -2.53. The van der Waals surface area contributed by atoms with Gasteiger partial charge in [0.05, 0.1) is 19.1 Å². The number of primary amides is 1. The first-order valence-corrected chi connectivity index (χ1v) is 7.91. The van der Waals surface area contributed by atoms with Crippen LogP contribution >= 0.6 is 11.6 Å². The number of carbonyl (C=O) groups is 2. The highest BCUT2D eigenvalue weighted by Crippen LogP contribution is 2.17. The van der Waals surface area contributed by atoms with Gasteiger partial charge in [0, 0.05) is 10.6 Å². The van der Waals surface area contributed by atoms with Gasteiger partial charge >= 0.3 is 0 Å².